The Labute approximate surface area is 217 Å². The van der Waals surface area contributed by atoms with Crippen LogP contribution in [0.4, 0.5) is 8.78 Å². The van der Waals surface area contributed by atoms with Gasteiger partial charge in [-0.1, -0.05) is 30.3 Å². The van der Waals surface area contributed by atoms with E-state index in [1.807, 2.05) is 36.4 Å². The minimum Gasteiger partial charge on any atom is -0.427 e. The Kier molecular flexibility index (Phi) is 9.11. The van der Waals surface area contributed by atoms with Crippen LogP contribution in [0.1, 0.15) is 51.6 Å². The van der Waals surface area contributed by atoms with E-state index >= 15 is 0 Å². The fraction of sp³-hybridized carbons (Fsp3) is 0.577. The zero-order valence-corrected chi connectivity index (χ0v) is 21.6. The van der Waals surface area contributed by atoms with Crippen LogP contribution in [-0.2, 0) is 9.59 Å². The predicted molar refractivity (Wildman–Crippen MR) is 135 cm³/mol. The van der Waals surface area contributed by atoms with E-state index in [9.17, 15) is 33.7 Å². The molecule has 2 amide bonds. The molecule has 2 fully saturated rings. The van der Waals surface area contributed by atoms with Gasteiger partial charge in [0.1, 0.15) is 11.6 Å². The van der Waals surface area contributed by atoms with Gasteiger partial charge < -0.3 is 19.8 Å². The maximum Gasteiger partial charge on any atom is 0.453 e. The summed E-state index contributed by atoms with van der Waals surface area (Å²) in [7, 11) is -1.64. The monoisotopic (exact) mass is 516 g/mol. The van der Waals surface area contributed by atoms with Crippen LogP contribution in [0.15, 0.2) is 42.0 Å². The fourth-order valence-corrected chi connectivity index (χ4v) is 5.37. The summed E-state index contributed by atoms with van der Waals surface area (Å²) in [6.07, 6.45) is 2.29. The van der Waals surface area contributed by atoms with E-state index in [1.165, 1.54) is 17.9 Å². The number of hydrogen-bond donors (Lipinski definition) is 2. The van der Waals surface area contributed by atoms with Crippen molar-refractivity contribution in [3.8, 4) is 6.07 Å². The molecule has 0 unspecified atom stereocenters. The number of nitriles is 1. The zero-order valence-electron chi connectivity index (χ0n) is 21.6. The lowest BCUT2D eigenvalue weighted by Gasteiger charge is -2.43. The predicted octanol–water partition coefficient (Wildman–Crippen LogP) is 2.61. The fourth-order valence-electron chi connectivity index (χ4n) is 5.37. The molecular formula is C26H35BF2N4O4. The van der Waals surface area contributed by atoms with Crippen LogP contribution >= 0.6 is 0 Å². The van der Waals surface area contributed by atoms with Crippen molar-refractivity contribution in [2.75, 3.05) is 26.2 Å². The van der Waals surface area contributed by atoms with Gasteiger partial charge in [0.05, 0.1) is 12.6 Å². The van der Waals surface area contributed by atoms with Gasteiger partial charge in [-0.05, 0) is 38.3 Å². The van der Waals surface area contributed by atoms with Crippen molar-refractivity contribution in [1.82, 2.24) is 14.7 Å². The second-order valence-electron chi connectivity index (χ2n) is 10.5. The zero-order chi connectivity index (χ0) is 27.4. The normalized spacial score (nSPS) is 21.3. The van der Waals surface area contributed by atoms with E-state index in [2.05, 4.69) is 0 Å². The third-order valence-corrected chi connectivity index (χ3v) is 7.23. The molecule has 0 aromatic heterocycles. The van der Waals surface area contributed by atoms with E-state index in [-0.39, 0.29) is 37.3 Å². The van der Waals surface area contributed by atoms with Crippen LogP contribution in [0.2, 0.25) is 6.32 Å². The quantitative estimate of drug-likeness (QED) is 0.313. The summed E-state index contributed by atoms with van der Waals surface area (Å²) in [6, 6.07) is 10.0. The Bertz CT molecular complexity index is 1040. The van der Waals surface area contributed by atoms with Gasteiger partial charge in [-0.2, -0.15) is 5.26 Å². The molecule has 2 saturated heterocycles. The number of halogens is 2. The molecule has 0 bridgehead atoms. The molecule has 2 N–H and O–H groups in total. The summed E-state index contributed by atoms with van der Waals surface area (Å²) in [6.45, 7) is 5.13. The molecule has 8 nitrogen and oxygen atoms in total. The number of nitrogens with zero attached hydrogens (tertiary/aromatic N) is 4. The molecule has 0 spiro atoms. The third kappa shape index (κ3) is 7.15. The van der Waals surface area contributed by atoms with Gasteiger partial charge >= 0.3 is 7.12 Å². The van der Waals surface area contributed by atoms with Gasteiger partial charge in [-0.15, -0.1) is 0 Å². The molecule has 1 aromatic carbocycles. The molecule has 37 heavy (non-hydrogen) atoms. The molecule has 0 aliphatic carbocycles. The van der Waals surface area contributed by atoms with Gasteiger partial charge in [-0.25, -0.2) is 8.78 Å². The van der Waals surface area contributed by atoms with Crippen molar-refractivity contribution >= 4 is 18.9 Å². The van der Waals surface area contributed by atoms with E-state index in [0.29, 0.717) is 19.4 Å². The van der Waals surface area contributed by atoms with Crippen LogP contribution in [0.25, 0.3) is 0 Å². The minimum absolute atomic E-state index is 0.0912. The van der Waals surface area contributed by atoms with Crippen LogP contribution < -0.4 is 0 Å². The van der Waals surface area contributed by atoms with Crippen molar-refractivity contribution in [3.05, 3.63) is 47.5 Å². The molecule has 0 saturated carbocycles. The highest BCUT2D eigenvalue weighted by molar-refractivity contribution is 6.41. The van der Waals surface area contributed by atoms with Crippen molar-refractivity contribution in [1.29, 1.82) is 5.26 Å². The largest absolute Gasteiger partial charge is 0.453 e. The molecule has 0 radical (unpaired) electrons. The number of carbonyl (C=O) groups is 2. The highest BCUT2D eigenvalue weighted by atomic mass is 19.3. The van der Waals surface area contributed by atoms with Gasteiger partial charge in [0, 0.05) is 50.9 Å². The molecular weight excluding hydrogens is 481 g/mol. The van der Waals surface area contributed by atoms with E-state index in [4.69, 9.17) is 0 Å². The van der Waals surface area contributed by atoms with Crippen LogP contribution in [-0.4, -0.2) is 87.4 Å². The summed E-state index contributed by atoms with van der Waals surface area (Å²) < 4.78 is 27.6. The minimum atomic E-state index is -2.80. The van der Waals surface area contributed by atoms with E-state index < -0.39 is 43.1 Å². The summed E-state index contributed by atoms with van der Waals surface area (Å²) in [5, 5.41) is 29.3. The molecule has 2 aliphatic heterocycles. The second-order valence-corrected chi connectivity index (χ2v) is 10.5. The lowest BCUT2D eigenvalue weighted by atomic mass is 9.78. The Morgan fingerprint density at radius 1 is 1.30 bits per heavy atom. The van der Waals surface area contributed by atoms with Gasteiger partial charge in [0.2, 0.25) is 5.91 Å². The summed E-state index contributed by atoms with van der Waals surface area (Å²) in [4.78, 5) is 30.9. The van der Waals surface area contributed by atoms with Crippen molar-refractivity contribution in [2.24, 2.45) is 0 Å². The molecule has 3 rings (SSSR count). The number of hydrogen-bond acceptors (Lipinski definition) is 6. The smallest absolute Gasteiger partial charge is 0.427 e. The van der Waals surface area contributed by atoms with E-state index in [0.717, 1.165) is 5.56 Å². The first-order chi connectivity index (χ1) is 17.3. The average molecular weight is 516 g/mol. The summed E-state index contributed by atoms with van der Waals surface area (Å²) >= 11 is 0. The molecule has 200 valence electrons. The topological polar surface area (TPSA) is 108 Å². The molecule has 2 atom stereocenters. The first-order valence-electron chi connectivity index (χ1n) is 12.6. The van der Waals surface area contributed by atoms with Gasteiger partial charge in [0.15, 0.2) is 0 Å². The first-order valence-corrected chi connectivity index (χ1v) is 12.6. The third-order valence-electron chi connectivity index (χ3n) is 7.23. The van der Waals surface area contributed by atoms with Gasteiger partial charge in [-0.3, -0.25) is 14.5 Å². The van der Waals surface area contributed by atoms with Crippen LogP contribution in [0.3, 0.4) is 0 Å². The van der Waals surface area contributed by atoms with Crippen molar-refractivity contribution < 1.29 is 28.4 Å². The Balaban J connectivity index is 1.83. The lowest BCUT2D eigenvalue weighted by Crippen LogP contribution is -2.53. The average Bonchev–Trinajstić information content (AvgIpc) is 3.22. The lowest BCUT2D eigenvalue weighted by molar-refractivity contribution is -0.138. The SMILES string of the molecule is CC(=O)N([C@H]1CCCN(C(=O)C(C#N)=CC(C)(C)N2CCC(F)(F)C2)C1)[C@H](CB(O)O)c1ccccc1. The van der Waals surface area contributed by atoms with Crippen molar-refractivity contribution in [2.45, 2.75) is 69.9 Å². The standard InChI is InChI=1S/C26H35BF2N4O4/c1-19(34)33(23(15-27(36)37)20-8-5-4-6-9-20)22-10-7-12-31(17-22)24(35)21(16-30)14-25(2,3)32-13-11-26(28,29)18-32/h4-6,8-9,14,22-23,36-37H,7,10-13,15,17-18H2,1-3H3/t22-,23+/m0/s1. The number of carbonyl (C=O) groups excluding carboxylic acids is 2. The Morgan fingerprint density at radius 2 is 1.97 bits per heavy atom. The number of alkyl halides is 2. The molecule has 2 aliphatic rings. The molecule has 2 heterocycles. The second kappa shape index (κ2) is 11.7. The Hall–Kier alpha value is -2.81. The molecule has 11 heteroatoms. The number of rotatable bonds is 8. The Morgan fingerprint density at radius 3 is 2.51 bits per heavy atom. The van der Waals surface area contributed by atoms with Crippen LogP contribution in [0.5, 0.6) is 0 Å². The van der Waals surface area contributed by atoms with E-state index in [1.54, 1.807) is 23.6 Å². The summed E-state index contributed by atoms with van der Waals surface area (Å²) in [5.74, 6) is -3.57. The maximum atomic E-state index is 13.8. The number of piperidine rings is 1. The first kappa shape index (κ1) is 28.8. The number of benzene rings is 1. The van der Waals surface area contributed by atoms with Crippen LogP contribution in [0, 0.1) is 11.3 Å². The highest BCUT2D eigenvalue weighted by Gasteiger charge is 2.43. The van der Waals surface area contributed by atoms with Crippen molar-refractivity contribution in [3.63, 3.8) is 0 Å². The maximum absolute atomic E-state index is 13.8. The highest BCUT2D eigenvalue weighted by Crippen LogP contribution is 2.34. The number of likely N-dealkylation sites (tertiary alicyclic amines) is 2. The number of amides is 2. The van der Waals surface area contributed by atoms with Gasteiger partial charge in [0.25, 0.3) is 11.8 Å². The summed E-state index contributed by atoms with van der Waals surface area (Å²) in [5.41, 5.74) is -0.298. The molecule has 1 aromatic rings.